The summed E-state index contributed by atoms with van der Waals surface area (Å²) in [4.78, 5) is 29.1. The molecular weight excluding hydrogens is 518 g/mol. The molecule has 2 N–H and O–H groups in total. The second kappa shape index (κ2) is 12.6. The minimum Gasteiger partial charge on any atom is -0.493 e. The molecule has 3 fully saturated rings. The molecule has 10 heteroatoms. The Kier molecular flexibility index (Phi) is 8.50. The fourth-order valence-corrected chi connectivity index (χ4v) is 6.14. The standard InChI is InChI=1S/C31H41N7O3/c1-36-10-8-23(9-11-36)20-41-28-17-25-26(18-27(28)40-2)33-21-34-29(25)37-12-14-38(15-13-37)31-32-19-24(30(39)35-31)16-22-6-4-3-5-7-22/h3-7,17-18,21,23-24,31-32H,8-16,19-20H2,1-2H3,(H,35,39). The minimum absolute atomic E-state index is 0.0600. The van der Waals surface area contributed by atoms with Gasteiger partial charge in [-0.25, -0.2) is 9.97 Å². The first-order valence-corrected chi connectivity index (χ1v) is 14.8. The Morgan fingerprint density at radius 3 is 2.49 bits per heavy atom. The van der Waals surface area contributed by atoms with Gasteiger partial charge in [0.15, 0.2) is 11.5 Å². The molecule has 0 saturated carbocycles. The number of carbonyl (C=O) groups excluding carboxylic acids is 1. The van der Waals surface area contributed by atoms with E-state index in [0.717, 1.165) is 81.0 Å². The third-order valence-electron chi connectivity index (χ3n) is 8.72. The number of hydrogen-bond acceptors (Lipinski definition) is 9. The maximum Gasteiger partial charge on any atom is 0.226 e. The van der Waals surface area contributed by atoms with Crippen LogP contribution in [-0.4, -0.2) is 98.5 Å². The fraction of sp³-hybridized carbons (Fsp3) is 0.516. The van der Waals surface area contributed by atoms with Gasteiger partial charge in [0, 0.05) is 44.2 Å². The molecule has 218 valence electrons. The van der Waals surface area contributed by atoms with Crippen molar-refractivity contribution < 1.29 is 14.3 Å². The molecule has 0 radical (unpaired) electrons. The third-order valence-corrected chi connectivity index (χ3v) is 8.72. The van der Waals surface area contributed by atoms with Crippen LogP contribution in [-0.2, 0) is 11.2 Å². The van der Waals surface area contributed by atoms with Crippen LogP contribution in [0.3, 0.4) is 0 Å². The third kappa shape index (κ3) is 6.39. The number of piperidine rings is 1. The van der Waals surface area contributed by atoms with Gasteiger partial charge in [0.25, 0.3) is 0 Å². The van der Waals surface area contributed by atoms with Crippen LogP contribution in [0.15, 0.2) is 48.8 Å². The van der Waals surface area contributed by atoms with Gasteiger partial charge >= 0.3 is 0 Å². The number of ether oxygens (including phenoxy) is 2. The fourth-order valence-electron chi connectivity index (χ4n) is 6.14. The van der Waals surface area contributed by atoms with E-state index in [1.54, 1.807) is 13.4 Å². The van der Waals surface area contributed by atoms with Gasteiger partial charge in [-0.15, -0.1) is 0 Å². The highest BCUT2D eigenvalue weighted by molar-refractivity contribution is 5.92. The first-order valence-electron chi connectivity index (χ1n) is 14.8. The predicted octanol–water partition coefficient (Wildman–Crippen LogP) is 2.34. The summed E-state index contributed by atoms with van der Waals surface area (Å²) in [6, 6.07) is 14.2. The lowest BCUT2D eigenvalue weighted by Gasteiger charge is -2.42. The normalized spacial score (nSPS) is 23.0. The van der Waals surface area contributed by atoms with E-state index in [0.29, 0.717) is 24.8 Å². The summed E-state index contributed by atoms with van der Waals surface area (Å²) in [7, 11) is 3.85. The Hall–Kier alpha value is -3.47. The number of benzene rings is 2. The maximum absolute atomic E-state index is 12.9. The molecule has 10 nitrogen and oxygen atoms in total. The molecule has 3 aromatic rings. The molecule has 2 unspecified atom stereocenters. The number of carbonyl (C=O) groups is 1. The van der Waals surface area contributed by atoms with Gasteiger partial charge in [0.1, 0.15) is 18.4 Å². The summed E-state index contributed by atoms with van der Waals surface area (Å²) in [6.45, 7) is 6.79. The molecular formula is C31H41N7O3. The smallest absolute Gasteiger partial charge is 0.226 e. The molecule has 0 aliphatic carbocycles. The molecule has 3 saturated heterocycles. The second-order valence-electron chi connectivity index (χ2n) is 11.5. The van der Waals surface area contributed by atoms with Crippen molar-refractivity contribution in [3.8, 4) is 11.5 Å². The number of aromatic nitrogens is 2. The Morgan fingerprint density at radius 1 is 0.976 bits per heavy atom. The molecule has 41 heavy (non-hydrogen) atoms. The predicted molar refractivity (Wildman–Crippen MR) is 159 cm³/mol. The van der Waals surface area contributed by atoms with Crippen LogP contribution in [0.1, 0.15) is 18.4 Å². The van der Waals surface area contributed by atoms with E-state index in [-0.39, 0.29) is 18.1 Å². The number of hydrogen-bond donors (Lipinski definition) is 2. The number of rotatable bonds is 8. The van der Waals surface area contributed by atoms with Crippen molar-refractivity contribution in [2.45, 2.75) is 25.6 Å². The molecule has 0 spiro atoms. The van der Waals surface area contributed by atoms with Crippen molar-refractivity contribution in [2.75, 3.05) is 71.5 Å². The van der Waals surface area contributed by atoms with Gasteiger partial charge in [-0.05, 0) is 56.9 Å². The lowest BCUT2D eigenvalue weighted by molar-refractivity contribution is -0.130. The highest BCUT2D eigenvalue weighted by atomic mass is 16.5. The molecule has 3 aliphatic rings. The zero-order valence-corrected chi connectivity index (χ0v) is 24.1. The number of anilines is 1. The number of amides is 1. The van der Waals surface area contributed by atoms with Gasteiger partial charge in [0.05, 0.1) is 25.2 Å². The van der Waals surface area contributed by atoms with Crippen molar-refractivity contribution in [1.29, 1.82) is 0 Å². The monoisotopic (exact) mass is 559 g/mol. The largest absolute Gasteiger partial charge is 0.493 e. The number of nitrogens with zero attached hydrogens (tertiary/aromatic N) is 5. The molecule has 1 amide bonds. The molecule has 2 atom stereocenters. The van der Waals surface area contributed by atoms with E-state index >= 15 is 0 Å². The summed E-state index contributed by atoms with van der Waals surface area (Å²) in [6.07, 6.45) is 4.51. The topological polar surface area (TPSA) is 95.1 Å². The van der Waals surface area contributed by atoms with Crippen molar-refractivity contribution in [1.82, 2.24) is 30.4 Å². The quantitative estimate of drug-likeness (QED) is 0.431. The Morgan fingerprint density at radius 2 is 1.76 bits per heavy atom. The van der Waals surface area contributed by atoms with E-state index in [2.05, 4.69) is 49.5 Å². The molecule has 6 rings (SSSR count). The zero-order chi connectivity index (χ0) is 28.2. The summed E-state index contributed by atoms with van der Waals surface area (Å²) >= 11 is 0. The number of nitrogens with one attached hydrogen (secondary N) is 2. The number of likely N-dealkylation sites (tertiary alicyclic amines) is 1. The van der Waals surface area contributed by atoms with E-state index in [1.807, 2.05) is 30.3 Å². The van der Waals surface area contributed by atoms with Gasteiger partial charge < -0.3 is 24.6 Å². The Labute approximate surface area is 242 Å². The molecule has 0 bridgehead atoms. The van der Waals surface area contributed by atoms with Crippen molar-refractivity contribution in [3.63, 3.8) is 0 Å². The van der Waals surface area contributed by atoms with Crippen molar-refractivity contribution in [3.05, 3.63) is 54.4 Å². The van der Waals surface area contributed by atoms with Crippen LogP contribution >= 0.6 is 0 Å². The Balaban J connectivity index is 1.09. The highest BCUT2D eigenvalue weighted by Crippen LogP contribution is 2.36. The number of piperazine rings is 1. The van der Waals surface area contributed by atoms with Crippen LogP contribution in [0.5, 0.6) is 11.5 Å². The van der Waals surface area contributed by atoms with E-state index in [4.69, 9.17) is 14.5 Å². The first-order chi connectivity index (χ1) is 20.1. The average molecular weight is 560 g/mol. The molecule has 1 aromatic heterocycles. The van der Waals surface area contributed by atoms with Crippen LogP contribution < -0.4 is 25.0 Å². The van der Waals surface area contributed by atoms with Crippen LogP contribution in [0.2, 0.25) is 0 Å². The van der Waals surface area contributed by atoms with Crippen LogP contribution in [0, 0.1) is 11.8 Å². The summed E-state index contributed by atoms with van der Waals surface area (Å²) in [5.74, 6) is 2.95. The van der Waals surface area contributed by atoms with Crippen LogP contribution in [0.4, 0.5) is 5.82 Å². The van der Waals surface area contributed by atoms with Gasteiger partial charge in [-0.3, -0.25) is 15.0 Å². The van der Waals surface area contributed by atoms with E-state index in [1.165, 1.54) is 5.56 Å². The molecule has 4 heterocycles. The average Bonchev–Trinajstić information content (AvgIpc) is 3.01. The second-order valence-corrected chi connectivity index (χ2v) is 11.5. The Bertz CT molecular complexity index is 1320. The summed E-state index contributed by atoms with van der Waals surface area (Å²) in [5, 5.41) is 7.72. The number of fused-ring (bicyclic) bond motifs is 1. The van der Waals surface area contributed by atoms with E-state index in [9.17, 15) is 4.79 Å². The SMILES string of the molecule is COc1cc2ncnc(N3CCN(C4NCC(Cc5ccccc5)C(=O)N4)CC3)c2cc1OCC1CCN(C)CC1. The minimum atomic E-state index is -0.150. The summed E-state index contributed by atoms with van der Waals surface area (Å²) in [5.41, 5.74) is 2.03. The lowest BCUT2D eigenvalue weighted by atomic mass is 9.97. The van der Waals surface area contributed by atoms with Crippen LogP contribution in [0.25, 0.3) is 10.9 Å². The van der Waals surface area contributed by atoms with Gasteiger partial charge in [0.2, 0.25) is 5.91 Å². The number of methoxy groups -OCH3 is 1. The van der Waals surface area contributed by atoms with Crippen molar-refractivity contribution in [2.24, 2.45) is 11.8 Å². The maximum atomic E-state index is 12.9. The molecule has 3 aliphatic heterocycles. The van der Waals surface area contributed by atoms with E-state index < -0.39 is 0 Å². The van der Waals surface area contributed by atoms with Gasteiger partial charge in [-0.2, -0.15) is 0 Å². The summed E-state index contributed by atoms with van der Waals surface area (Å²) < 4.78 is 12.0. The zero-order valence-electron chi connectivity index (χ0n) is 24.1. The van der Waals surface area contributed by atoms with Gasteiger partial charge in [-0.1, -0.05) is 30.3 Å². The lowest BCUT2D eigenvalue weighted by Crippen LogP contribution is -2.66. The highest BCUT2D eigenvalue weighted by Gasteiger charge is 2.33. The first kappa shape index (κ1) is 27.7. The van der Waals surface area contributed by atoms with Crippen molar-refractivity contribution >= 4 is 22.6 Å². The molecule has 2 aromatic carbocycles.